The number of amides is 2. The highest BCUT2D eigenvalue weighted by molar-refractivity contribution is 5.95. The number of nitrogens with one attached hydrogen (secondary N) is 1. The van der Waals surface area contributed by atoms with Gasteiger partial charge in [0.1, 0.15) is 35.4 Å². The molecule has 0 bridgehead atoms. The maximum atomic E-state index is 12.7. The average molecular weight is 460 g/mol. The summed E-state index contributed by atoms with van der Waals surface area (Å²) in [6.07, 6.45) is -7.70. The van der Waals surface area contributed by atoms with Crippen LogP contribution in [0.3, 0.4) is 0 Å². The molecule has 7 N–H and O–H groups in total. The molecule has 2 aromatic carbocycles. The minimum Gasteiger partial charge on any atom is -0.508 e. The number of phenolic OH excluding ortho intramolecular Hbond substituents is 2. The van der Waals surface area contributed by atoms with Crippen LogP contribution in [-0.4, -0.2) is 68.9 Å². The highest BCUT2D eigenvalue weighted by Gasteiger charge is 2.48. The third-order valence-electron chi connectivity index (χ3n) is 5.34. The summed E-state index contributed by atoms with van der Waals surface area (Å²) in [4.78, 5) is 36.6. The molecule has 1 aliphatic rings. The Balaban J connectivity index is 1.81. The van der Waals surface area contributed by atoms with Crippen LogP contribution in [0, 0.1) is 6.92 Å². The van der Waals surface area contributed by atoms with Crippen LogP contribution in [0.15, 0.2) is 42.5 Å². The Morgan fingerprint density at radius 1 is 1.03 bits per heavy atom. The molecule has 11 heteroatoms. The van der Waals surface area contributed by atoms with Crippen LogP contribution >= 0.6 is 0 Å². The zero-order chi connectivity index (χ0) is 24.3. The number of aromatic hydroxyl groups is 2. The Bertz CT molecular complexity index is 1040. The summed E-state index contributed by atoms with van der Waals surface area (Å²) >= 11 is 0. The minimum atomic E-state index is -1.77. The Hall–Kier alpha value is -3.83. The van der Waals surface area contributed by atoms with Crippen LogP contribution in [0.2, 0.25) is 0 Å². The number of hydrogen-bond donors (Lipinski definition) is 6. The molecule has 0 unspecified atom stereocenters. The Kier molecular flexibility index (Phi) is 7.04. The summed E-state index contributed by atoms with van der Waals surface area (Å²) in [6.45, 7) is 1.56. The second-order valence-corrected chi connectivity index (χ2v) is 7.66. The van der Waals surface area contributed by atoms with Crippen LogP contribution < -0.4 is 11.1 Å². The summed E-state index contributed by atoms with van der Waals surface area (Å²) in [5, 5.41) is 43.3. The summed E-state index contributed by atoms with van der Waals surface area (Å²) in [6, 6.07) is 8.71. The van der Waals surface area contributed by atoms with Gasteiger partial charge in [-0.25, -0.2) is 9.59 Å². The van der Waals surface area contributed by atoms with Crippen molar-refractivity contribution in [2.75, 3.05) is 0 Å². The molecule has 5 atom stereocenters. The van der Waals surface area contributed by atoms with Gasteiger partial charge in [0.15, 0.2) is 6.10 Å². The topological polar surface area (TPSA) is 189 Å². The number of phenols is 2. The monoisotopic (exact) mass is 460 g/mol. The molecule has 1 fully saturated rings. The van der Waals surface area contributed by atoms with E-state index in [1.54, 1.807) is 13.0 Å². The van der Waals surface area contributed by atoms with Crippen LogP contribution in [0.25, 0.3) is 0 Å². The van der Waals surface area contributed by atoms with Crippen LogP contribution in [0.5, 0.6) is 11.5 Å². The quantitative estimate of drug-likeness (QED) is 0.341. The van der Waals surface area contributed by atoms with E-state index in [9.17, 15) is 34.8 Å². The van der Waals surface area contributed by atoms with Gasteiger partial charge < -0.3 is 41.0 Å². The van der Waals surface area contributed by atoms with Gasteiger partial charge >= 0.3 is 12.1 Å². The van der Waals surface area contributed by atoms with Gasteiger partial charge in [-0.2, -0.15) is 0 Å². The van der Waals surface area contributed by atoms with Crippen molar-refractivity contribution in [1.29, 1.82) is 0 Å². The first-order valence-corrected chi connectivity index (χ1v) is 10.00. The number of aryl methyl sites for hydroxylation is 1. The highest BCUT2D eigenvalue weighted by atomic mass is 16.6. The normalized spacial score (nSPS) is 24.5. The van der Waals surface area contributed by atoms with Crippen molar-refractivity contribution in [3.8, 4) is 11.5 Å². The highest BCUT2D eigenvalue weighted by Crippen LogP contribution is 2.29. The van der Waals surface area contributed by atoms with Crippen LogP contribution in [-0.2, 0) is 9.47 Å². The first kappa shape index (κ1) is 23.8. The zero-order valence-electron chi connectivity index (χ0n) is 17.5. The van der Waals surface area contributed by atoms with Crippen LogP contribution in [0.4, 0.5) is 4.79 Å². The number of benzene rings is 2. The fourth-order valence-corrected chi connectivity index (χ4v) is 3.73. The van der Waals surface area contributed by atoms with Gasteiger partial charge in [-0.15, -0.1) is 0 Å². The van der Waals surface area contributed by atoms with Gasteiger partial charge in [-0.1, -0.05) is 18.2 Å². The summed E-state index contributed by atoms with van der Waals surface area (Å²) in [5.41, 5.74) is 5.44. The number of primary amides is 1. The van der Waals surface area contributed by atoms with Crippen molar-refractivity contribution in [3.63, 3.8) is 0 Å². The van der Waals surface area contributed by atoms with E-state index in [4.69, 9.17) is 15.2 Å². The SMILES string of the molecule is Cc1cccc(O)c1C(=O)O[C@@H]1[C@@H](O)[C@H](O)[C@@H](NC(=O)c2cccc(O)c2)C[C@H]1OC(N)=O. The summed E-state index contributed by atoms with van der Waals surface area (Å²) in [5.74, 6) is -2.18. The number of ether oxygens (including phenoxy) is 2. The first-order chi connectivity index (χ1) is 15.6. The standard InChI is InChI=1S/C22H24N2O9/c1-10-4-2-7-14(26)16(10)21(30)33-19-15(32-22(23)31)9-13(17(27)18(19)28)24-20(29)11-5-3-6-12(25)8-11/h2-8,13,15,17-19,25-28H,9H2,1H3,(H2,23,31)(H,24,29)/t13-,15+,17+,18-,19-/m0/s1. The average Bonchev–Trinajstić information content (AvgIpc) is 2.74. The second-order valence-electron chi connectivity index (χ2n) is 7.66. The van der Waals surface area contributed by atoms with E-state index in [1.165, 1.54) is 36.4 Å². The summed E-state index contributed by atoms with van der Waals surface area (Å²) in [7, 11) is 0. The fraction of sp³-hybridized carbons (Fsp3) is 0.318. The van der Waals surface area contributed by atoms with E-state index < -0.39 is 48.4 Å². The lowest BCUT2D eigenvalue weighted by molar-refractivity contribution is -0.148. The maximum Gasteiger partial charge on any atom is 0.404 e. The van der Waals surface area contributed by atoms with E-state index in [2.05, 4.69) is 5.32 Å². The number of aliphatic hydroxyl groups excluding tert-OH is 2. The van der Waals surface area contributed by atoms with Gasteiger partial charge in [-0.05, 0) is 36.8 Å². The Morgan fingerprint density at radius 3 is 2.36 bits per heavy atom. The third kappa shape index (κ3) is 5.33. The molecule has 2 amide bonds. The fourth-order valence-electron chi connectivity index (χ4n) is 3.73. The zero-order valence-corrected chi connectivity index (χ0v) is 17.5. The molecule has 0 saturated heterocycles. The van der Waals surface area contributed by atoms with Gasteiger partial charge in [-0.3, -0.25) is 4.79 Å². The first-order valence-electron chi connectivity index (χ1n) is 10.00. The Labute approximate surface area is 188 Å². The molecule has 176 valence electrons. The van der Waals surface area contributed by atoms with Gasteiger partial charge in [0, 0.05) is 12.0 Å². The van der Waals surface area contributed by atoms with Crippen molar-refractivity contribution in [2.24, 2.45) is 5.73 Å². The number of carbonyl (C=O) groups is 3. The number of hydrogen-bond acceptors (Lipinski definition) is 9. The molecule has 1 aliphatic carbocycles. The lowest BCUT2D eigenvalue weighted by atomic mass is 9.85. The number of aliphatic hydroxyl groups is 2. The molecule has 1 saturated carbocycles. The predicted molar refractivity (Wildman–Crippen MR) is 112 cm³/mol. The van der Waals surface area contributed by atoms with Crippen molar-refractivity contribution < 1.29 is 44.3 Å². The van der Waals surface area contributed by atoms with Gasteiger partial charge in [0.25, 0.3) is 5.91 Å². The predicted octanol–water partition coefficient (Wildman–Crippen LogP) is 0.320. The molecular weight excluding hydrogens is 436 g/mol. The van der Waals surface area contributed by atoms with E-state index in [1.807, 2.05) is 0 Å². The third-order valence-corrected chi connectivity index (χ3v) is 5.34. The van der Waals surface area contributed by atoms with Crippen molar-refractivity contribution in [2.45, 2.75) is 43.8 Å². The molecule has 2 aromatic rings. The second kappa shape index (κ2) is 9.76. The van der Waals surface area contributed by atoms with Crippen molar-refractivity contribution in [3.05, 3.63) is 59.2 Å². The number of nitrogens with two attached hydrogens (primary N) is 1. The molecular formula is C22H24N2O9. The largest absolute Gasteiger partial charge is 0.508 e. The molecule has 33 heavy (non-hydrogen) atoms. The van der Waals surface area contributed by atoms with E-state index in [-0.39, 0.29) is 29.0 Å². The number of esters is 1. The van der Waals surface area contributed by atoms with E-state index >= 15 is 0 Å². The van der Waals surface area contributed by atoms with E-state index in [0.717, 1.165) is 0 Å². The maximum absolute atomic E-state index is 12.7. The molecule has 0 heterocycles. The molecule has 11 nitrogen and oxygen atoms in total. The van der Waals surface area contributed by atoms with Crippen molar-refractivity contribution >= 4 is 18.0 Å². The molecule has 3 rings (SSSR count). The lowest BCUT2D eigenvalue weighted by Crippen LogP contribution is -2.62. The van der Waals surface area contributed by atoms with Gasteiger partial charge in [0.05, 0.1) is 6.04 Å². The summed E-state index contributed by atoms with van der Waals surface area (Å²) < 4.78 is 10.3. The number of carbonyl (C=O) groups excluding carboxylic acids is 3. The smallest absolute Gasteiger partial charge is 0.404 e. The molecule has 0 aromatic heterocycles. The lowest BCUT2D eigenvalue weighted by Gasteiger charge is -2.41. The molecule has 0 radical (unpaired) electrons. The minimum absolute atomic E-state index is 0.0904. The van der Waals surface area contributed by atoms with E-state index in [0.29, 0.717) is 5.56 Å². The van der Waals surface area contributed by atoms with Gasteiger partial charge in [0.2, 0.25) is 0 Å². The molecule has 0 spiro atoms. The Morgan fingerprint density at radius 2 is 1.73 bits per heavy atom. The molecule has 0 aliphatic heterocycles. The van der Waals surface area contributed by atoms with Crippen molar-refractivity contribution in [1.82, 2.24) is 5.32 Å². The van der Waals surface area contributed by atoms with Crippen LogP contribution in [0.1, 0.15) is 32.7 Å². The number of rotatable bonds is 5.